The largest absolute Gasteiger partial charge is 0.460 e. The molecule has 2 atom stereocenters. The van der Waals surface area contributed by atoms with Crippen LogP contribution >= 0.6 is 28.3 Å². The van der Waals surface area contributed by atoms with Gasteiger partial charge in [0.25, 0.3) is 0 Å². The Balaban J connectivity index is 0.00000300. The van der Waals surface area contributed by atoms with Crippen LogP contribution in [0, 0.1) is 11.8 Å². The molecule has 1 aliphatic heterocycles. The molecule has 1 N–H and O–H groups in total. The second-order valence-corrected chi connectivity index (χ2v) is 8.35. The molecule has 6 nitrogen and oxygen atoms in total. The maximum atomic E-state index is 12.1. The van der Waals surface area contributed by atoms with Crippen molar-refractivity contribution in [1.29, 1.82) is 0 Å². The van der Waals surface area contributed by atoms with E-state index in [1.807, 2.05) is 42.6 Å². The zero-order valence-electron chi connectivity index (χ0n) is 17.0. The summed E-state index contributed by atoms with van der Waals surface area (Å²) in [5, 5.41) is 7.11. The number of hydrogen-bond acceptors (Lipinski definition) is 7. The Labute approximate surface area is 186 Å². The average molecular weight is 482 g/mol. The summed E-state index contributed by atoms with van der Waals surface area (Å²) in [6, 6.07) is 10.0. The molecule has 0 radical (unpaired) electrons. The molecule has 0 spiro atoms. The standard InChI is InChI=1S/C21H27N3O3S.BrH/c1-14(2)11-26-12-18-10-17(20(25)27-18)9-15(3)23-24-21-22-19(13-28-21)16-7-5-4-6-8-16;/h4-8,13-14,17-18H,9-12H2,1-3H3,(H,22,24);1H/b23-15+;. The van der Waals surface area contributed by atoms with E-state index < -0.39 is 0 Å². The summed E-state index contributed by atoms with van der Waals surface area (Å²) in [6.07, 6.45) is 1.10. The number of carbonyl (C=O) groups is 1. The highest BCUT2D eigenvalue weighted by molar-refractivity contribution is 8.93. The van der Waals surface area contributed by atoms with Crippen molar-refractivity contribution >= 4 is 45.1 Å². The maximum Gasteiger partial charge on any atom is 0.309 e. The van der Waals surface area contributed by atoms with E-state index in [2.05, 4.69) is 29.4 Å². The molecule has 1 aliphatic rings. The lowest BCUT2D eigenvalue weighted by molar-refractivity contribution is -0.146. The number of rotatable bonds is 9. The fourth-order valence-corrected chi connectivity index (χ4v) is 3.70. The van der Waals surface area contributed by atoms with Gasteiger partial charge in [-0.15, -0.1) is 28.3 Å². The van der Waals surface area contributed by atoms with Crippen molar-refractivity contribution in [3.05, 3.63) is 35.7 Å². The summed E-state index contributed by atoms with van der Waals surface area (Å²) in [7, 11) is 0. The van der Waals surface area contributed by atoms with Gasteiger partial charge < -0.3 is 9.47 Å². The lowest BCUT2D eigenvalue weighted by Crippen LogP contribution is -2.17. The number of cyclic esters (lactones) is 1. The molecule has 0 saturated carbocycles. The summed E-state index contributed by atoms with van der Waals surface area (Å²) in [4.78, 5) is 16.6. The topological polar surface area (TPSA) is 72.8 Å². The lowest BCUT2D eigenvalue weighted by atomic mass is 9.99. The molecule has 2 unspecified atom stereocenters. The smallest absolute Gasteiger partial charge is 0.309 e. The fraction of sp³-hybridized carbons (Fsp3) is 0.476. The molecule has 0 amide bonds. The number of ether oxygens (including phenoxy) is 2. The molecular formula is C21H28BrN3O3S. The van der Waals surface area contributed by atoms with Gasteiger partial charge in [-0.25, -0.2) is 4.98 Å². The maximum absolute atomic E-state index is 12.1. The van der Waals surface area contributed by atoms with Crippen LogP contribution in [0.2, 0.25) is 0 Å². The summed E-state index contributed by atoms with van der Waals surface area (Å²) in [5.74, 6) is 0.157. The van der Waals surface area contributed by atoms with E-state index in [0.717, 1.165) is 22.1 Å². The van der Waals surface area contributed by atoms with Gasteiger partial charge in [-0.1, -0.05) is 44.2 Å². The van der Waals surface area contributed by atoms with Crippen molar-refractivity contribution in [1.82, 2.24) is 4.98 Å². The summed E-state index contributed by atoms with van der Waals surface area (Å²) < 4.78 is 11.0. The van der Waals surface area contributed by atoms with Crippen LogP contribution in [0.3, 0.4) is 0 Å². The van der Waals surface area contributed by atoms with E-state index in [-0.39, 0.29) is 35.0 Å². The normalized spacial score (nSPS) is 19.2. The first-order valence-electron chi connectivity index (χ1n) is 9.59. The molecule has 0 aliphatic carbocycles. The Kier molecular flexibility index (Phi) is 9.26. The number of aromatic nitrogens is 1. The molecule has 2 heterocycles. The van der Waals surface area contributed by atoms with E-state index in [4.69, 9.17) is 9.47 Å². The van der Waals surface area contributed by atoms with Crippen LogP contribution in [0.25, 0.3) is 11.3 Å². The second-order valence-electron chi connectivity index (χ2n) is 7.49. The van der Waals surface area contributed by atoms with Gasteiger partial charge >= 0.3 is 5.97 Å². The number of hydrazone groups is 1. The summed E-state index contributed by atoms with van der Waals surface area (Å²) in [5.41, 5.74) is 5.85. The van der Waals surface area contributed by atoms with Gasteiger partial charge in [0.15, 0.2) is 0 Å². The van der Waals surface area contributed by atoms with E-state index in [1.54, 1.807) is 0 Å². The first kappa shape index (κ1) is 23.5. The summed E-state index contributed by atoms with van der Waals surface area (Å²) >= 11 is 1.50. The number of nitrogens with one attached hydrogen (secondary N) is 1. The van der Waals surface area contributed by atoms with E-state index in [9.17, 15) is 4.79 Å². The van der Waals surface area contributed by atoms with Crippen molar-refractivity contribution in [3.63, 3.8) is 0 Å². The van der Waals surface area contributed by atoms with Crippen LogP contribution in [0.5, 0.6) is 0 Å². The van der Waals surface area contributed by atoms with Crippen molar-refractivity contribution in [2.75, 3.05) is 18.6 Å². The number of esters is 1. The van der Waals surface area contributed by atoms with Gasteiger partial charge in [0.05, 0.1) is 18.2 Å². The molecule has 3 rings (SSSR count). The molecule has 29 heavy (non-hydrogen) atoms. The van der Waals surface area contributed by atoms with Crippen LogP contribution in [0.4, 0.5) is 5.13 Å². The number of hydrogen-bond donors (Lipinski definition) is 1. The predicted molar refractivity (Wildman–Crippen MR) is 123 cm³/mol. The first-order valence-corrected chi connectivity index (χ1v) is 10.5. The quantitative estimate of drug-likeness (QED) is 0.303. The Hall–Kier alpha value is -1.77. The third-order valence-electron chi connectivity index (χ3n) is 4.38. The van der Waals surface area contributed by atoms with Gasteiger partial charge in [-0.05, 0) is 12.8 Å². The highest BCUT2D eigenvalue weighted by Gasteiger charge is 2.34. The number of thiazole rings is 1. The second kappa shape index (κ2) is 11.4. The van der Waals surface area contributed by atoms with Crippen LogP contribution in [0.1, 0.15) is 33.6 Å². The summed E-state index contributed by atoms with van der Waals surface area (Å²) in [6.45, 7) is 7.26. The lowest BCUT2D eigenvalue weighted by Gasteiger charge is -2.11. The number of carbonyl (C=O) groups excluding carboxylic acids is 1. The van der Waals surface area contributed by atoms with E-state index in [0.29, 0.717) is 32.0 Å². The van der Waals surface area contributed by atoms with E-state index in [1.165, 1.54) is 11.3 Å². The van der Waals surface area contributed by atoms with Gasteiger partial charge in [0.2, 0.25) is 5.13 Å². The number of benzene rings is 1. The van der Waals surface area contributed by atoms with E-state index >= 15 is 0 Å². The molecule has 1 aromatic carbocycles. The molecular weight excluding hydrogens is 454 g/mol. The number of halogens is 1. The Morgan fingerprint density at radius 3 is 2.86 bits per heavy atom. The van der Waals surface area contributed by atoms with Gasteiger partial charge in [0.1, 0.15) is 6.10 Å². The Morgan fingerprint density at radius 1 is 1.38 bits per heavy atom. The van der Waals surface area contributed by atoms with Crippen LogP contribution in [-0.4, -0.2) is 36.0 Å². The molecule has 158 valence electrons. The predicted octanol–water partition coefficient (Wildman–Crippen LogP) is 5.17. The molecule has 2 aromatic rings. The third kappa shape index (κ3) is 7.21. The minimum Gasteiger partial charge on any atom is -0.460 e. The first-order chi connectivity index (χ1) is 13.5. The van der Waals surface area contributed by atoms with Crippen molar-refractivity contribution in [2.45, 2.75) is 39.7 Å². The van der Waals surface area contributed by atoms with Crippen LogP contribution in [0.15, 0.2) is 40.8 Å². The Morgan fingerprint density at radius 2 is 2.14 bits per heavy atom. The SMILES string of the molecule is Br.C/C(CC1CC(COCC(C)C)OC1=O)=N\Nc1nc(-c2ccccc2)cs1. The molecule has 0 bridgehead atoms. The molecule has 1 saturated heterocycles. The highest BCUT2D eigenvalue weighted by atomic mass is 79.9. The molecule has 1 fully saturated rings. The third-order valence-corrected chi connectivity index (χ3v) is 5.12. The fourth-order valence-electron chi connectivity index (χ4n) is 3.04. The Bertz CT molecular complexity index is 811. The zero-order valence-corrected chi connectivity index (χ0v) is 19.5. The van der Waals surface area contributed by atoms with Gasteiger partial charge in [0, 0.05) is 36.1 Å². The zero-order chi connectivity index (χ0) is 19.9. The van der Waals surface area contributed by atoms with Crippen LogP contribution in [-0.2, 0) is 14.3 Å². The van der Waals surface area contributed by atoms with Crippen molar-refractivity contribution < 1.29 is 14.3 Å². The van der Waals surface area contributed by atoms with Crippen molar-refractivity contribution in [3.8, 4) is 11.3 Å². The molecule has 1 aromatic heterocycles. The molecule has 8 heteroatoms. The number of anilines is 1. The van der Waals surface area contributed by atoms with Crippen molar-refractivity contribution in [2.24, 2.45) is 16.9 Å². The van der Waals surface area contributed by atoms with Crippen LogP contribution < -0.4 is 5.43 Å². The minimum atomic E-state index is -0.159. The van der Waals surface area contributed by atoms with Gasteiger partial charge in [-0.3, -0.25) is 10.2 Å². The number of nitrogens with zero attached hydrogens (tertiary/aromatic N) is 2. The highest BCUT2D eigenvalue weighted by Crippen LogP contribution is 2.26. The van der Waals surface area contributed by atoms with Gasteiger partial charge in [-0.2, -0.15) is 5.10 Å². The monoisotopic (exact) mass is 481 g/mol. The minimum absolute atomic E-state index is 0. The average Bonchev–Trinajstić information content (AvgIpc) is 3.28.